The van der Waals surface area contributed by atoms with Crippen molar-refractivity contribution in [1.29, 1.82) is 0 Å². The van der Waals surface area contributed by atoms with E-state index in [1.54, 1.807) is 0 Å². The Kier molecular flexibility index (Phi) is 2.35. The molecule has 1 rings (SSSR count). The number of carbonyl (C=O) groups excluding carboxylic acids is 1. The number of hydrogen-bond acceptors (Lipinski definition) is 2. The normalized spacial score (nSPS) is 24.4. The lowest BCUT2D eigenvalue weighted by molar-refractivity contribution is -0.113. The van der Waals surface area contributed by atoms with Crippen LogP contribution in [0.4, 0.5) is 0 Å². The highest BCUT2D eigenvalue weighted by Gasteiger charge is 2.11. The van der Waals surface area contributed by atoms with Gasteiger partial charge in [0.1, 0.15) is 0 Å². The molecule has 1 unspecified atom stereocenters. The lowest BCUT2D eigenvalue weighted by atomic mass is 10.3. The Morgan fingerprint density at radius 3 is 2.80 bits per heavy atom. The Balaban J connectivity index is 2.76. The third-order valence-electron chi connectivity index (χ3n) is 0.958. The molecule has 0 saturated heterocycles. The summed E-state index contributed by atoms with van der Waals surface area (Å²) in [6.45, 7) is 0. The zero-order chi connectivity index (χ0) is 7.56. The molecule has 1 aliphatic rings. The van der Waals surface area contributed by atoms with Gasteiger partial charge in [-0.3, -0.25) is 4.79 Å². The van der Waals surface area contributed by atoms with E-state index in [1.807, 2.05) is 0 Å². The zero-order valence-corrected chi connectivity index (χ0v) is 6.39. The van der Waals surface area contributed by atoms with E-state index >= 15 is 0 Å². The van der Waals surface area contributed by atoms with Crippen molar-refractivity contribution in [2.75, 3.05) is 0 Å². The van der Waals surface area contributed by atoms with Gasteiger partial charge in [0.05, 0.1) is 0 Å². The summed E-state index contributed by atoms with van der Waals surface area (Å²) in [6.07, 6.45) is 2.89. The van der Waals surface area contributed by atoms with Crippen molar-refractivity contribution < 1.29 is 9.53 Å². The Labute approximate surface area is 68.1 Å². The molecular formula is C6H4Cl2O2. The van der Waals surface area contributed by atoms with Gasteiger partial charge in [-0.15, -0.1) is 0 Å². The second-order valence-electron chi connectivity index (χ2n) is 1.72. The molecule has 54 valence electrons. The molecule has 1 aliphatic heterocycles. The average Bonchev–Trinajstić information content (AvgIpc) is 1.85. The minimum absolute atomic E-state index is 0.143. The van der Waals surface area contributed by atoms with Gasteiger partial charge in [-0.05, 0) is 17.7 Å². The molecule has 1 heterocycles. The smallest absolute Gasteiger partial charge is 0.189 e. The second-order valence-corrected chi connectivity index (χ2v) is 2.53. The predicted molar refractivity (Wildman–Crippen MR) is 38.8 cm³/mol. The molecule has 0 amide bonds. The average molecular weight is 179 g/mol. The number of rotatable bonds is 1. The van der Waals surface area contributed by atoms with Gasteiger partial charge in [-0.2, -0.15) is 0 Å². The summed E-state index contributed by atoms with van der Waals surface area (Å²) in [6, 6.07) is 0. The standard InChI is InChI=1S/C6H4Cl2O2/c7-4-1-5(3-9)10-6(8)2-4/h1-3,5H. The second kappa shape index (κ2) is 3.08. The first-order chi connectivity index (χ1) is 4.72. The van der Waals surface area contributed by atoms with Crippen LogP contribution in [0.15, 0.2) is 22.4 Å². The fraction of sp³-hybridized carbons (Fsp3) is 0.167. The lowest BCUT2D eigenvalue weighted by Gasteiger charge is -2.12. The summed E-state index contributed by atoms with van der Waals surface area (Å²) in [5.74, 6) is 0. The van der Waals surface area contributed by atoms with Gasteiger partial charge >= 0.3 is 0 Å². The maximum atomic E-state index is 10.1. The van der Waals surface area contributed by atoms with Crippen molar-refractivity contribution in [2.24, 2.45) is 0 Å². The van der Waals surface area contributed by atoms with Crippen LogP contribution in [-0.2, 0) is 9.53 Å². The van der Waals surface area contributed by atoms with Crippen LogP contribution in [0.2, 0.25) is 0 Å². The van der Waals surface area contributed by atoms with Gasteiger partial charge in [0, 0.05) is 11.1 Å². The van der Waals surface area contributed by atoms with Gasteiger partial charge in [0.2, 0.25) is 0 Å². The van der Waals surface area contributed by atoms with Crippen molar-refractivity contribution >= 4 is 29.5 Å². The van der Waals surface area contributed by atoms with Crippen LogP contribution in [-0.4, -0.2) is 12.4 Å². The van der Waals surface area contributed by atoms with E-state index in [4.69, 9.17) is 27.9 Å². The van der Waals surface area contributed by atoms with Crippen molar-refractivity contribution in [1.82, 2.24) is 0 Å². The van der Waals surface area contributed by atoms with E-state index in [0.29, 0.717) is 11.3 Å². The van der Waals surface area contributed by atoms with Crippen LogP contribution in [0.5, 0.6) is 0 Å². The first kappa shape index (κ1) is 7.63. The fourth-order valence-corrected chi connectivity index (χ4v) is 1.08. The van der Waals surface area contributed by atoms with Crippen LogP contribution < -0.4 is 0 Å². The van der Waals surface area contributed by atoms with E-state index < -0.39 is 6.10 Å². The molecule has 0 aromatic heterocycles. The maximum Gasteiger partial charge on any atom is 0.189 e. The van der Waals surface area contributed by atoms with Crippen LogP contribution >= 0.6 is 23.2 Å². The summed E-state index contributed by atoms with van der Waals surface area (Å²) in [4.78, 5) is 10.1. The predicted octanol–water partition coefficient (Wildman–Crippen LogP) is 1.79. The minimum Gasteiger partial charge on any atom is -0.468 e. The van der Waals surface area contributed by atoms with Gasteiger partial charge in [-0.1, -0.05) is 11.6 Å². The molecule has 0 N–H and O–H groups in total. The SMILES string of the molecule is O=CC1C=C(Cl)C=C(Cl)O1. The Morgan fingerprint density at radius 1 is 1.60 bits per heavy atom. The molecule has 0 aromatic rings. The quantitative estimate of drug-likeness (QED) is 0.573. The number of allylic oxidation sites excluding steroid dienone is 2. The van der Waals surface area contributed by atoms with E-state index in [-0.39, 0.29) is 5.22 Å². The Morgan fingerprint density at radius 2 is 2.30 bits per heavy atom. The van der Waals surface area contributed by atoms with Gasteiger partial charge in [0.15, 0.2) is 17.6 Å². The molecule has 0 spiro atoms. The van der Waals surface area contributed by atoms with E-state index in [2.05, 4.69) is 0 Å². The number of halogens is 2. The third-order valence-corrected chi connectivity index (χ3v) is 1.39. The summed E-state index contributed by atoms with van der Waals surface area (Å²) in [5.41, 5.74) is 0. The Hall–Kier alpha value is -0.470. The third kappa shape index (κ3) is 1.75. The largest absolute Gasteiger partial charge is 0.468 e. The number of ether oxygens (including phenoxy) is 1. The topological polar surface area (TPSA) is 26.3 Å². The van der Waals surface area contributed by atoms with Crippen molar-refractivity contribution in [2.45, 2.75) is 6.10 Å². The zero-order valence-electron chi connectivity index (χ0n) is 4.88. The van der Waals surface area contributed by atoms with E-state index in [1.165, 1.54) is 12.2 Å². The monoisotopic (exact) mass is 178 g/mol. The van der Waals surface area contributed by atoms with Crippen molar-refractivity contribution in [3.63, 3.8) is 0 Å². The molecule has 1 atom stereocenters. The lowest BCUT2D eigenvalue weighted by Crippen LogP contribution is -2.12. The minimum atomic E-state index is -0.634. The maximum absolute atomic E-state index is 10.1. The molecule has 0 fully saturated rings. The van der Waals surface area contributed by atoms with Gasteiger partial charge < -0.3 is 4.74 Å². The summed E-state index contributed by atoms with van der Waals surface area (Å²) in [7, 11) is 0. The molecule has 0 radical (unpaired) electrons. The number of aldehydes is 1. The number of carbonyl (C=O) groups is 1. The molecule has 4 heteroatoms. The summed E-state index contributed by atoms with van der Waals surface area (Å²) >= 11 is 11.0. The summed E-state index contributed by atoms with van der Waals surface area (Å²) < 4.78 is 4.80. The summed E-state index contributed by atoms with van der Waals surface area (Å²) in [5, 5.41) is 0.568. The van der Waals surface area contributed by atoms with Crippen LogP contribution in [0.1, 0.15) is 0 Å². The molecule has 0 saturated carbocycles. The molecule has 0 aliphatic carbocycles. The van der Waals surface area contributed by atoms with Crippen molar-refractivity contribution in [3.05, 3.63) is 22.4 Å². The molecule has 0 bridgehead atoms. The highest BCUT2D eigenvalue weighted by molar-refractivity contribution is 6.34. The highest BCUT2D eigenvalue weighted by atomic mass is 35.5. The van der Waals surface area contributed by atoms with Gasteiger partial charge in [0.25, 0.3) is 0 Å². The highest BCUT2D eigenvalue weighted by Crippen LogP contribution is 2.20. The van der Waals surface area contributed by atoms with Crippen molar-refractivity contribution in [3.8, 4) is 0 Å². The molecule has 2 nitrogen and oxygen atoms in total. The molecular weight excluding hydrogens is 175 g/mol. The Bertz CT molecular complexity index is 208. The molecule has 10 heavy (non-hydrogen) atoms. The van der Waals surface area contributed by atoms with Crippen LogP contribution in [0, 0.1) is 0 Å². The van der Waals surface area contributed by atoms with Gasteiger partial charge in [-0.25, -0.2) is 0 Å². The van der Waals surface area contributed by atoms with Crippen LogP contribution in [0.25, 0.3) is 0 Å². The fourth-order valence-electron chi connectivity index (χ4n) is 0.579. The van der Waals surface area contributed by atoms with E-state index in [0.717, 1.165) is 0 Å². The number of hydrogen-bond donors (Lipinski definition) is 0. The van der Waals surface area contributed by atoms with E-state index in [9.17, 15) is 4.79 Å². The first-order valence-corrected chi connectivity index (χ1v) is 3.34. The first-order valence-electron chi connectivity index (χ1n) is 2.59. The van der Waals surface area contributed by atoms with Crippen LogP contribution in [0.3, 0.4) is 0 Å². The molecule has 0 aromatic carbocycles.